The van der Waals surface area contributed by atoms with Crippen LogP contribution in [0.5, 0.6) is 0 Å². The van der Waals surface area contributed by atoms with Crippen molar-refractivity contribution in [1.29, 1.82) is 0 Å². The van der Waals surface area contributed by atoms with Crippen molar-refractivity contribution in [3.8, 4) is 0 Å². The van der Waals surface area contributed by atoms with Crippen molar-refractivity contribution in [2.75, 3.05) is 25.0 Å². The summed E-state index contributed by atoms with van der Waals surface area (Å²) in [6.07, 6.45) is 1.11. The number of amides is 1. The molecule has 0 spiro atoms. The number of ether oxygens (including phenoxy) is 1. The SMILES string of the molecule is CCOC(=O)c1c(S(=O)(=O)N2CCCC(C(=O)Nc3cccc(C)n3)C2)c(C)n(C)c1C. The Labute approximate surface area is 188 Å². The molecule has 3 heterocycles. The molecule has 0 aliphatic carbocycles. The minimum absolute atomic E-state index is 0.0373. The summed E-state index contributed by atoms with van der Waals surface area (Å²) >= 11 is 0. The number of sulfonamides is 1. The molecule has 174 valence electrons. The van der Waals surface area contributed by atoms with Crippen molar-refractivity contribution >= 4 is 27.7 Å². The van der Waals surface area contributed by atoms with Crippen LogP contribution in [0.2, 0.25) is 0 Å². The molecular weight excluding hydrogens is 432 g/mol. The van der Waals surface area contributed by atoms with Gasteiger partial charge in [0.15, 0.2) is 0 Å². The van der Waals surface area contributed by atoms with Crippen molar-refractivity contribution in [2.45, 2.75) is 45.4 Å². The first kappa shape index (κ1) is 23.9. The number of pyridine rings is 1. The molecule has 1 unspecified atom stereocenters. The van der Waals surface area contributed by atoms with Crippen LogP contribution in [0.4, 0.5) is 5.82 Å². The van der Waals surface area contributed by atoms with E-state index in [-0.39, 0.29) is 36.1 Å². The van der Waals surface area contributed by atoms with Crippen LogP contribution in [0.1, 0.15) is 47.2 Å². The molecule has 32 heavy (non-hydrogen) atoms. The van der Waals surface area contributed by atoms with Crippen LogP contribution in [-0.4, -0.2) is 53.8 Å². The summed E-state index contributed by atoms with van der Waals surface area (Å²) in [4.78, 5) is 29.7. The number of hydrogen-bond acceptors (Lipinski definition) is 6. The number of carbonyl (C=O) groups excluding carboxylic acids is 2. The van der Waals surface area contributed by atoms with Gasteiger partial charge in [0, 0.05) is 37.2 Å². The molecule has 0 saturated carbocycles. The Morgan fingerprint density at radius 3 is 2.59 bits per heavy atom. The standard InChI is InChI=1S/C22H30N4O5S/c1-6-31-22(28)19-15(3)25(5)16(4)20(19)32(29,30)26-12-8-10-17(13-26)21(27)24-18-11-7-9-14(2)23-18/h7,9,11,17H,6,8,10,12-13H2,1-5H3,(H,23,24,27). The molecule has 0 radical (unpaired) electrons. The number of aryl methyl sites for hydroxylation is 1. The summed E-state index contributed by atoms with van der Waals surface area (Å²) in [5.41, 5.74) is 1.82. The zero-order valence-electron chi connectivity index (χ0n) is 19.1. The van der Waals surface area contributed by atoms with Gasteiger partial charge in [-0.25, -0.2) is 18.2 Å². The van der Waals surface area contributed by atoms with Crippen LogP contribution in [-0.2, 0) is 26.6 Å². The van der Waals surface area contributed by atoms with E-state index in [2.05, 4.69) is 10.3 Å². The van der Waals surface area contributed by atoms with E-state index in [1.807, 2.05) is 13.0 Å². The van der Waals surface area contributed by atoms with E-state index in [9.17, 15) is 18.0 Å². The van der Waals surface area contributed by atoms with Gasteiger partial charge in [0.05, 0.1) is 12.5 Å². The van der Waals surface area contributed by atoms with Gasteiger partial charge in [-0.05, 0) is 52.7 Å². The Morgan fingerprint density at radius 1 is 1.22 bits per heavy atom. The average molecular weight is 463 g/mol. The van der Waals surface area contributed by atoms with E-state index in [0.717, 1.165) is 5.69 Å². The molecule has 1 atom stereocenters. The van der Waals surface area contributed by atoms with Gasteiger partial charge in [-0.2, -0.15) is 4.31 Å². The number of anilines is 1. The smallest absolute Gasteiger partial charge is 0.341 e. The molecule has 10 heteroatoms. The van der Waals surface area contributed by atoms with E-state index >= 15 is 0 Å². The second-order valence-electron chi connectivity index (χ2n) is 8.01. The normalized spacial score (nSPS) is 17.2. The molecule has 0 aromatic carbocycles. The van der Waals surface area contributed by atoms with Gasteiger partial charge in [0.25, 0.3) is 0 Å². The van der Waals surface area contributed by atoms with Crippen molar-refractivity contribution in [3.63, 3.8) is 0 Å². The third-order valence-corrected chi connectivity index (χ3v) is 7.92. The summed E-state index contributed by atoms with van der Waals surface area (Å²) < 4.78 is 35.4. The third-order valence-electron chi connectivity index (χ3n) is 5.90. The number of nitrogens with one attached hydrogen (secondary N) is 1. The highest BCUT2D eigenvalue weighted by molar-refractivity contribution is 7.89. The average Bonchev–Trinajstić information content (AvgIpc) is 2.98. The van der Waals surface area contributed by atoms with E-state index in [1.54, 1.807) is 44.5 Å². The number of rotatable bonds is 6. The maximum absolute atomic E-state index is 13.6. The molecular formula is C22H30N4O5S. The lowest BCUT2D eigenvalue weighted by molar-refractivity contribution is -0.120. The fourth-order valence-corrected chi connectivity index (χ4v) is 6.02. The van der Waals surface area contributed by atoms with Crippen LogP contribution < -0.4 is 5.32 Å². The van der Waals surface area contributed by atoms with Gasteiger partial charge < -0.3 is 14.6 Å². The van der Waals surface area contributed by atoms with E-state index in [0.29, 0.717) is 30.0 Å². The van der Waals surface area contributed by atoms with Crippen LogP contribution in [0.25, 0.3) is 0 Å². The molecule has 1 saturated heterocycles. The van der Waals surface area contributed by atoms with Gasteiger partial charge in [-0.1, -0.05) is 6.07 Å². The first-order valence-electron chi connectivity index (χ1n) is 10.7. The lowest BCUT2D eigenvalue weighted by Crippen LogP contribution is -2.44. The van der Waals surface area contributed by atoms with Crippen molar-refractivity contribution < 1.29 is 22.7 Å². The largest absolute Gasteiger partial charge is 0.462 e. The molecule has 1 N–H and O–H groups in total. The maximum atomic E-state index is 13.6. The first-order valence-corrected chi connectivity index (χ1v) is 12.1. The Morgan fingerprint density at radius 2 is 1.94 bits per heavy atom. The second-order valence-corrected chi connectivity index (χ2v) is 9.88. The highest BCUT2D eigenvalue weighted by Gasteiger charge is 2.39. The molecule has 1 amide bonds. The number of esters is 1. The van der Waals surface area contributed by atoms with Crippen molar-refractivity contribution in [1.82, 2.24) is 13.9 Å². The summed E-state index contributed by atoms with van der Waals surface area (Å²) in [7, 11) is -2.30. The number of nitrogens with zero attached hydrogens (tertiary/aromatic N) is 3. The lowest BCUT2D eigenvalue weighted by Gasteiger charge is -2.31. The van der Waals surface area contributed by atoms with E-state index < -0.39 is 21.9 Å². The summed E-state index contributed by atoms with van der Waals surface area (Å²) in [5, 5.41) is 2.79. The first-order chi connectivity index (χ1) is 15.1. The Balaban J connectivity index is 1.88. The molecule has 2 aromatic rings. The highest BCUT2D eigenvalue weighted by Crippen LogP contribution is 2.32. The summed E-state index contributed by atoms with van der Waals surface area (Å²) in [6, 6.07) is 5.33. The zero-order valence-corrected chi connectivity index (χ0v) is 20.0. The van der Waals surface area contributed by atoms with E-state index in [4.69, 9.17) is 4.74 Å². The molecule has 1 fully saturated rings. The molecule has 0 bridgehead atoms. The fourth-order valence-electron chi connectivity index (χ4n) is 4.02. The fraction of sp³-hybridized carbons (Fsp3) is 0.500. The predicted molar refractivity (Wildman–Crippen MR) is 120 cm³/mol. The molecule has 1 aliphatic rings. The molecule has 2 aromatic heterocycles. The van der Waals surface area contributed by atoms with Crippen molar-refractivity contribution in [2.24, 2.45) is 13.0 Å². The minimum atomic E-state index is -4.02. The van der Waals surface area contributed by atoms with Gasteiger partial charge >= 0.3 is 5.97 Å². The Hall–Kier alpha value is -2.72. The van der Waals surface area contributed by atoms with Crippen LogP contribution in [0, 0.1) is 26.7 Å². The predicted octanol–water partition coefficient (Wildman–Crippen LogP) is 2.56. The highest BCUT2D eigenvalue weighted by atomic mass is 32.2. The summed E-state index contributed by atoms with van der Waals surface area (Å²) in [6.45, 7) is 7.33. The number of carbonyl (C=O) groups is 2. The van der Waals surface area contributed by atoms with Crippen LogP contribution in [0.15, 0.2) is 23.1 Å². The molecule has 1 aliphatic heterocycles. The van der Waals surface area contributed by atoms with Gasteiger partial charge in [-0.15, -0.1) is 0 Å². The van der Waals surface area contributed by atoms with Crippen LogP contribution in [0.3, 0.4) is 0 Å². The second kappa shape index (κ2) is 9.41. The zero-order chi connectivity index (χ0) is 23.6. The van der Waals surface area contributed by atoms with E-state index in [1.165, 1.54) is 4.31 Å². The number of piperidine rings is 1. The van der Waals surface area contributed by atoms with Gasteiger partial charge in [-0.3, -0.25) is 4.79 Å². The van der Waals surface area contributed by atoms with Gasteiger partial charge in [0.1, 0.15) is 16.3 Å². The summed E-state index contributed by atoms with van der Waals surface area (Å²) in [5.74, 6) is -1.01. The number of hydrogen-bond donors (Lipinski definition) is 1. The Bertz CT molecular complexity index is 1140. The monoisotopic (exact) mass is 462 g/mol. The molecule has 9 nitrogen and oxygen atoms in total. The van der Waals surface area contributed by atoms with Crippen molar-refractivity contribution in [3.05, 3.63) is 40.8 Å². The Kier molecular flexibility index (Phi) is 7.04. The lowest BCUT2D eigenvalue weighted by atomic mass is 9.99. The maximum Gasteiger partial charge on any atom is 0.341 e. The van der Waals surface area contributed by atoms with Crippen LogP contribution >= 0.6 is 0 Å². The quantitative estimate of drug-likeness (QED) is 0.661. The third kappa shape index (κ3) is 4.56. The minimum Gasteiger partial charge on any atom is -0.462 e. The number of aromatic nitrogens is 2. The molecule has 3 rings (SSSR count). The topological polar surface area (TPSA) is 111 Å². The van der Waals surface area contributed by atoms with Gasteiger partial charge in [0.2, 0.25) is 15.9 Å².